The topological polar surface area (TPSA) is 12.0 Å². The minimum absolute atomic E-state index is 0.810. The van der Waals surface area contributed by atoms with Gasteiger partial charge in [0.2, 0.25) is 0 Å². The molecule has 0 saturated heterocycles. The Kier molecular flexibility index (Phi) is 6.95. The van der Waals surface area contributed by atoms with E-state index in [0.29, 0.717) is 0 Å². The molecular formula is C16H27N. The molecule has 0 heterocycles. The minimum Gasteiger partial charge on any atom is -0.319 e. The fourth-order valence-corrected chi connectivity index (χ4v) is 2.50. The van der Waals surface area contributed by atoms with E-state index in [4.69, 9.17) is 0 Å². The van der Waals surface area contributed by atoms with E-state index in [9.17, 15) is 0 Å². The van der Waals surface area contributed by atoms with Crippen molar-refractivity contribution in [1.82, 2.24) is 5.32 Å². The zero-order valence-corrected chi connectivity index (χ0v) is 11.6. The molecule has 0 aliphatic carbocycles. The highest BCUT2D eigenvalue weighted by atomic mass is 14.8. The maximum atomic E-state index is 3.32. The highest BCUT2D eigenvalue weighted by molar-refractivity contribution is 5.14. The van der Waals surface area contributed by atoms with Gasteiger partial charge in [-0.2, -0.15) is 0 Å². The van der Waals surface area contributed by atoms with Crippen LogP contribution in [0, 0.1) is 11.8 Å². The third-order valence-electron chi connectivity index (χ3n) is 3.22. The lowest BCUT2D eigenvalue weighted by Crippen LogP contribution is -2.20. The lowest BCUT2D eigenvalue weighted by Gasteiger charge is -2.18. The average molecular weight is 233 g/mol. The molecule has 0 aliphatic heterocycles. The van der Waals surface area contributed by atoms with Crippen molar-refractivity contribution in [1.29, 1.82) is 0 Å². The second kappa shape index (κ2) is 8.30. The van der Waals surface area contributed by atoms with Crippen molar-refractivity contribution in [2.24, 2.45) is 11.8 Å². The van der Waals surface area contributed by atoms with E-state index >= 15 is 0 Å². The fraction of sp³-hybridized carbons (Fsp3) is 0.625. The molecule has 1 N–H and O–H groups in total. The van der Waals surface area contributed by atoms with Gasteiger partial charge in [-0.3, -0.25) is 0 Å². The largest absolute Gasteiger partial charge is 0.319 e. The van der Waals surface area contributed by atoms with Crippen LogP contribution in [-0.4, -0.2) is 13.6 Å². The van der Waals surface area contributed by atoms with Gasteiger partial charge in [-0.15, -0.1) is 0 Å². The molecule has 0 amide bonds. The van der Waals surface area contributed by atoms with E-state index in [1.807, 2.05) is 0 Å². The standard InChI is InChI=1S/C16H27N/c1-14(2)12-16(13-17-3)11-7-10-15-8-5-4-6-9-15/h4-6,8-9,14,16-17H,7,10-13H2,1-3H3. The summed E-state index contributed by atoms with van der Waals surface area (Å²) in [5.74, 6) is 1.65. The molecule has 0 spiro atoms. The number of hydrogen-bond acceptors (Lipinski definition) is 1. The molecule has 0 aromatic heterocycles. The molecule has 1 aromatic rings. The van der Waals surface area contributed by atoms with Crippen LogP contribution in [0.3, 0.4) is 0 Å². The molecule has 1 aromatic carbocycles. The number of rotatable bonds is 8. The lowest BCUT2D eigenvalue weighted by molar-refractivity contribution is 0.367. The molecule has 0 saturated carbocycles. The van der Waals surface area contributed by atoms with Crippen molar-refractivity contribution in [3.63, 3.8) is 0 Å². The van der Waals surface area contributed by atoms with Gasteiger partial charge >= 0.3 is 0 Å². The maximum absolute atomic E-state index is 3.32. The molecule has 0 radical (unpaired) electrons. The van der Waals surface area contributed by atoms with E-state index in [1.165, 1.54) is 31.2 Å². The Bertz CT molecular complexity index is 279. The summed E-state index contributed by atoms with van der Waals surface area (Å²) in [6, 6.07) is 10.8. The Balaban J connectivity index is 2.26. The van der Waals surface area contributed by atoms with Gasteiger partial charge in [0, 0.05) is 0 Å². The minimum atomic E-state index is 0.810. The van der Waals surface area contributed by atoms with E-state index in [1.54, 1.807) is 0 Å². The van der Waals surface area contributed by atoms with Gasteiger partial charge in [-0.1, -0.05) is 44.2 Å². The summed E-state index contributed by atoms with van der Waals surface area (Å²) < 4.78 is 0. The Morgan fingerprint density at radius 3 is 2.41 bits per heavy atom. The third-order valence-corrected chi connectivity index (χ3v) is 3.22. The second-order valence-corrected chi connectivity index (χ2v) is 5.43. The summed E-state index contributed by atoms with van der Waals surface area (Å²) in [6.45, 7) is 5.80. The first kappa shape index (κ1) is 14.2. The van der Waals surface area contributed by atoms with E-state index in [2.05, 4.69) is 56.5 Å². The number of hydrogen-bond donors (Lipinski definition) is 1. The predicted octanol–water partition coefficient (Wildman–Crippen LogP) is 3.89. The van der Waals surface area contributed by atoms with Gasteiger partial charge in [-0.25, -0.2) is 0 Å². The zero-order valence-electron chi connectivity index (χ0n) is 11.6. The zero-order chi connectivity index (χ0) is 12.5. The maximum Gasteiger partial charge on any atom is -0.00234 e. The Morgan fingerprint density at radius 1 is 1.12 bits per heavy atom. The molecule has 0 aliphatic rings. The van der Waals surface area contributed by atoms with Crippen molar-refractivity contribution >= 4 is 0 Å². The van der Waals surface area contributed by atoms with Gasteiger partial charge < -0.3 is 5.32 Å². The van der Waals surface area contributed by atoms with E-state index in [-0.39, 0.29) is 0 Å². The summed E-state index contributed by atoms with van der Waals surface area (Å²) in [7, 11) is 2.06. The molecule has 96 valence electrons. The first-order valence-electron chi connectivity index (χ1n) is 6.91. The van der Waals surface area contributed by atoms with Gasteiger partial charge in [0.1, 0.15) is 0 Å². The van der Waals surface area contributed by atoms with Crippen molar-refractivity contribution in [3.8, 4) is 0 Å². The number of benzene rings is 1. The molecule has 1 rings (SSSR count). The quantitative estimate of drug-likeness (QED) is 0.718. The molecule has 0 fully saturated rings. The van der Waals surface area contributed by atoms with Crippen LogP contribution in [0.5, 0.6) is 0 Å². The normalized spacial score (nSPS) is 12.9. The molecule has 1 unspecified atom stereocenters. The lowest BCUT2D eigenvalue weighted by atomic mass is 9.91. The molecule has 1 nitrogen and oxygen atoms in total. The number of nitrogens with one attached hydrogen (secondary N) is 1. The molecular weight excluding hydrogens is 206 g/mol. The summed E-state index contributed by atoms with van der Waals surface area (Å²) in [5.41, 5.74) is 1.47. The summed E-state index contributed by atoms with van der Waals surface area (Å²) in [6.07, 6.45) is 5.21. The van der Waals surface area contributed by atoms with Crippen LogP contribution in [-0.2, 0) is 6.42 Å². The smallest absolute Gasteiger partial charge is 0.00234 e. The predicted molar refractivity (Wildman–Crippen MR) is 76.3 cm³/mol. The van der Waals surface area contributed by atoms with Crippen LogP contribution in [0.15, 0.2) is 30.3 Å². The fourth-order valence-electron chi connectivity index (χ4n) is 2.50. The first-order valence-corrected chi connectivity index (χ1v) is 6.91. The molecule has 0 bridgehead atoms. The first-order chi connectivity index (χ1) is 8.22. The van der Waals surface area contributed by atoms with Crippen LogP contribution in [0.2, 0.25) is 0 Å². The average Bonchev–Trinajstić information content (AvgIpc) is 2.30. The molecule has 1 atom stereocenters. The van der Waals surface area contributed by atoms with Crippen molar-refractivity contribution in [3.05, 3.63) is 35.9 Å². The van der Waals surface area contributed by atoms with E-state index in [0.717, 1.165) is 18.4 Å². The van der Waals surface area contributed by atoms with Gasteiger partial charge in [-0.05, 0) is 56.7 Å². The van der Waals surface area contributed by atoms with Crippen molar-refractivity contribution in [2.75, 3.05) is 13.6 Å². The van der Waals surface area contributed by atoms with Crippen LogP contribution in [0.1, 0.15) is 38.7 Å². The number of aryl methyl sites for hydroxylation is 1. The highest BCUT2D eigenvalue weighted by Crippen LogP contribution is 2.18. The van der Waals surface area contributed by atoms with Crippen LogP contribution < -0.4 is 5.32 Å². The molecule has 1 heteroatoms. The third kappa shape index (κ3) is 6.48. The SMILES string of the molecule is CNCC(CCCc1ccccc1)CC(C)C. The molecule has 17 heavy (non-hydrogen) atoms. The Hall–Kier alpha value is -0.820. The van der Waals surface area contributed by atoms with Gasteiger partial charge in [0.05, 0.1) is 0 Å². The summed E-state index contributed by atoms with van der Waals surface area (Å²) in [4.78, 5) is 0. The van der Waals surface area contributed by atoms with Crippen LogP contribution in [0.25, 0.3) is 0 Å². The van der Waals surface area contributed by atoms with Crippen LogP contribution >= 0.6 is 0 Å². The van der Waals surface area contributed by atoms with Gasteiger partial charge in [0.15, 0.2) is 0 Å². The van der Waals surface area contributed by atoms with E-state index < -0.39 is 0 Å². The highest BCUT2D eigenvalue weighted by Gasteiger charge is 2.09. The second-order valence-electron chi connectivity index (χ2n) is 5.43. The Morgan fingerprint density at radius 2 is 1.82 bits per heavy atom. The summed E-state index contributed by atoms with van der Waals surface area (Å²) in [5, 5.41) is 3.32. The van der Waals surface area contributed by atoms with Crippen molar-refractivity contribution in [2.45, 2.75) is 39.5 Å². The monoisotopic (exact) mass is 233 g/mol. The Labute approximate surface area is 107 Å². The van der Waals surface area contributed by atoms with Crippen LogP contribution in [0.4, 0.5) is 0 Å². The van der Waals surface area contributed by atoms with Crippen molar-refractivity contribution < 1.29 is 0 Å². The van der Waals surface area contributed by atoms with Gasteiger partial charge in [0.25, 0.3) is 0 Å². The summed E-state index contributed by atoms with van der Waals surface area (Å²) >= 11 is 0.